The number of alkyl halides is 1. The molecule has 108 valence electrons. The van der Waals surface area contributed by atoms with Crippen molar-refractivity contribution < 1.29 is 0 Å². The summed E-state index contributed by atoms with van der Waals surface area (Å²) < 4.78 is 2.32. The van der Waals surface area contributed by atoms with Crippen LogP contribution in [0.25, 0.3) is 11.0 Å². The van der Waals surface area contributed by atoms with E-state index in [1.54, 1.807) is 0 Å². The average Bonchev–Trinajstić information content (AvgIpc) is 2.78. The topological polar surface area (TPSA) is 30.7 Å². The van der Waals surface area contributed by atoms with E-state index in [2.05, 4.69) is 27.5 Å². The molecule has 4 heteroatoms. The van der Waals surface area contributed by atoms with Crippen LogP contribution in [0.5, 0.6) is 0 Å². The molecule has 2 aromatic heterocycles. The summed E-state index contributed by atoms with van der Waals surface area (Å²) in [4.78, 5) is 8.85. The second-order valence-corrected chi connectivity index (χ2v) is 7.06. The van der Waals surface area contributed by atoms with E-state index in [4.69, 9.17) is 11.6 Å². The number of nitrogens with zero attached hydrogens (tertiary/aromatic N) is 3. The summed E-state index contributed by atoms with van der Waals surface area (Å²) in [6, 6.07) is 2.05. The molecule has 3 nitrogen and oxygen atoms in total. The van der Waals surface area contributed by atoms with Crippen LogP contribution in [0, 0.1) is 5.41 Å². The maximum atomic E-state index is 6.34. The van der Waals surface area contributed by atoms with Gasteiger partial charge in [0, 0.05) is 12.7 Å². The number of hydrogen-bond acceptors (Lipinski definition) is 2. The minimum Gasteiger partial charge on any atom is -0.326 e. The van der Waals surface area contributed by atoms with Crippen molar-refractivity contribution in [3.8, 4) is 0 Å². The molecule has 0 aliphatic heterocycles. The van der Waals surface area contributed by atoms with Crippen molar-refractivity contribution in [1.29, 1.82) is 0 Å². The Bertz CT molecular complexity index is 597. The first-order chi connectivity index (χ1) is 9.59. The summed E-state index contributed by atoms with van der Waals surface area (Å²) in [6.07, 6.45) is 10.3. The number of pyridine rings is 1. The summed E-state index contributed by atoms with van der Waals surface area (Å²) in [5.74, 6) is 0.974. The number of imidazole rings is 1. The van der Waals surface area contributed by atoms with Crippen LogP contribution in [0.15, 0.2) is 18.5 Å². The van der Waals surface area contributed by atoms with Crippen LogP contribution in [-0.4, -0.2) is 14.5 Å². The van der Waals surface area contributed by atoms with Crippen LogP contribution in [0.2, 0.25) is 0 Å². The highest BCUT2D eigenvalue weighted by Gasteiger charge is 2.29. The number of aromatic nitrogens is 3. The van der Waals surface area contributed by atoms with Crippen molar-refractivity contribution in [3.05, 3.63) is 24.3 Å². The third kappa shape index (κ3) is 2.56. The molecular formula is C16H22ClN3. The van der Waals surface area contributed by atoms with E-state index >= 15 is 0 Å². The second kappa shape index (κ2) is 5.36. The largest absolute Gasteiger partial charge is 0.326 e. The fourth-order valence-corrected chi connectivity index (χ4v) is 3.58. The van der Waals surface area contributed by atoms with Crippen LogP contribution in [0.3, 0.4) is 0 Å². The van der Waals surface area contributed by atoms with Crippen molar-refractivity contribution in [2.45, 2.75) is 57.9 Å². The lowest BCUT2D eigenvalue weighted by molar-refractivity contribution is 0.183. The molecule has 0 spiro atoms. The second-order valence-electron chi connectivity index (χ2n) is 6.41. The fraction of sp³-hybridized carbons (Fsp3) is 0.625. The number of fused-ring (bicyclic) bond motifs is 1. The van der Waals surface area contributed by atoms with Crippen LogP contribution in [0.4, 0.5) is 0 Å². The molecule has 1 atom stereocenters. The van der Waals surface area contributed by atoms with Gasteiger partial charge in [0.2, 0.25) is 0 Å². The van der Waals surface area contributed by atoms with Gasteiger partial charge in [-0.1, -0.05) is 26.2 Å². The van der Waals surface area contributed by atoms with Gasteiger partial charge >= 0.3 is 0 Å². The molecule has 0 bridgehead atoms. The minimum atomic E-state index is -0.0745. The van der Waals surface area contributed by atoms with Crippen LogP contribution < -0.4 is 0 Å². The lowest BCUT2D eigenvalue weighted by Gasteiger charge is -2.34. The predicted octanol–water partition coefficient (Wildman–Crippen LogP) is 4.70. The lowest BCUT2D eigenvalue weighted by Crippen LogP contribution is -2.27. The van der Waals surface area contributed by atoms with Crippen molar-refractivity contribution in [2.24, 2.45) is 5.41 Å². The molecule has 2 aromatic rings. The van der Waals surface area contributed by atoms with E-state index in [1.807, 2.05) is 19.3 Å². The number of hydrogen-bond donors (Lipinski definition) is 0. The Labute approximate surface area is 125 Å². The van der Waals surface area contributed by atoms with Gasteiger partial charge in [-0.05, 0) is 31.2 Å². The molecule has 3 rings (SSSR count). The normalized spacial score (nSPS) is 20.1. The standard InChI is InChI=1S/C16H22ClN3/c1-12(17)15-19-13-10-18-9-6-14(13)20(15)11-16(2)7-4-3-5-8-16/h6,9-10,12H,3-5,7-8,11H2,1-2H3. The maximum Gasteiger partial charge on any atom is 0.127 e. The molecule has 1 fully saturated rings. The molecule has 1 saturated carbocycles. The Morgan fingerprint density at radius 3 is 2.80 bits per heavy atom. The summed E-state index contributed by atoms with van der Waals surface area (Å²) >= 11 is 6.34. The molecule has 0 radical (unpaired) electrons. The molecule has 20 heavy (non-hydrogen) atoms. The SMILES string of the molecule is CC(Cl)c1nc2cnccc2n1CC1(C)CCCCC1. The van der Waals surface area contributed by atoms with Crippen LogP contribution in [0.1, 0.15) is 57.2 Å². The van der Waals surface area contributed by atoms with Gasteiger partial charge in [0.05, 0.1) is 17.1 Å². The van der Waals surface area contributed by atoms with Crippen molar-refractivity contribution in [2.75, 3.05) is 0 Å². The van der Waals surface area contributed by atoms with Crippen molar-refractivity contribution in [3.63, 3.8) is 0 Å². The van der Waals surface area contributed by atoms with Crippen molar-refractivity contribution in [1.82, 2.24) is 14.5 Å². The summed E-state index contributed by atoms with van der Waals surface area (Å²) in [6.45, 7) is 5.41. The Balaban J connectivity index is 2.02. The maximum absolute atomic E-state index is 6.34. The smallest absolute Gasteiger partial charge is 0.127 e. The Morgan fingerprint density at radius 1 is 1.35 bits per heavy atom. The monoisotopic (exact) mass is 291 g/mol. The van der Waals surface area contributed by atoms with Gasteiger partial charge in [-0.25, -0.2) is 4.98 Å². The lowest BCUT2D eigenvalue weighted by atomic mass is 9.75. The predicted molar refractivity (Wildman–Crippen MR) is 83.0 cm³/mol. The van der Waals surface area contributed by atoms with Gasteiger partial charge < -0.3 is 4.57 Å². The molecule has 2 heterocycles. The Kier molecular flexibility index (Phi) is 3.72. The van der Waals surface area contributed by atoms with E-state index in [1.165, 1.54) is 32.1 Å². The number of rotatable bonds is 3. The quantitative estimate of drug-likeness (QED) is 0.767. The first kappa shape index (κ1) is 13.9. The van der Waals surface area contributed by atoms with E-state index in [-0.39, 0.29) is 5.38 Å². The van der Waals surface area contributed by atoms with E-state index < -0.39 is 0 Å². The zero-order valence-electron chi connectivity index (χ0n) is 12.3. The van der Waals surface area contributed by atoms with E-state index in [0.29, 0.717) is 5.41 Å². The highest BCUT2D eigenvalue weighted by atomic mass is 35.5. The summed E-state index contributed by atoms with van der Waals surface area (Å²) in [7, 11) is 0. The Hall–Kier alpha value is -1.09. The Morgan fingerprint density at radius 2 is 2.10 bits per heavy atom. The van der Waals surface area contributed by atoms with Crippen LogP contribution >= 0.6 is 11.6 Å². The number of halogens is 1. The minimum absolute atomic E-state index is 0.0745. The third-order valence-corrected chi connectivity index (χ3v) is 4.73. The first-order valence-electron chi connectivity index (χ1n) is 7.53. The molecule has 1 unspecified atom stereocenters. The average molecular weight is 292 g/mol. The van der Waals surface area contributed by atoms with Gasteiger partial charge in [-0.2, -0.15) is 0 Å². The van der Waals surface area contributed by atoms with E-state index in [0.717, 1.165) is 23.4 Å². The molecule has 0 aromatic carbocycles. The molecular weight excluding hydrogens is 270 g/mol. The van der Waals surface area contributed by atoms with Gasteiger partial charge in [0.25, 0.3) is 0 Å². The zero-order valence-corrected chi connectivity index (χ0v) is 13.0. The fourth-order valence-electron chi connectivity index (χ4n) is 3.42. The van der Waals surface area contributed by atoms with Gasteiger partial charge in [-0.15, -0.1) is 11.6 Å². The first-order valence-corrected chi connectivity index (χ1v) is 7.97. The summed E-state index contributed by atoms with van der Waals surface area (Å²) in [5.41, 5.74) is 2.49. The van der Waals surface area contributed by atoms with E-state index in [9.17, 15) is 0 Å². The molecule has 0 saturated heterocycles. The third-order valence-electron chi connectivity index (χ3n) is 4.54. The van der Waals surface area contributed by atoms with Gasteiger partial charge in [-0.3, -0.25) is 4.98 Å². The van der Waals surface area contributed by atoms with Crippen LogP contribution in [-0.2, 0) is 6.54 Å². The summed E-state index contributed by atoms with van der Waals surface area (Å²) in [5, 5.41) is -0.0745. The molecule has 1 aliphatic rings. The highest BCUT2D eigenvalue weighted by molar-refractivity contribution is 6.20. The van der Waals surface area contributed by atoms with Gasteiger partial charge in [0.15, 0.2) is 0 Å². The molecule has 1 aliphatic carbocycles. The van der Waals surface area contributed by atoms with Gasteiger partial charge in [0.1, 0.15) is 11.3 Å². The highest BCUT2D eigenvalue weighted by Crippen LogP contribution is 2.39. The van der Waals surface area contributed by atoms with Crippen molar-refractivity contribution >= 4 is 22.6 Å². The molecule has 0 N–H and O–H groups in total. The zero-order chi connectivity index (χ0) is 14.2. The molecule has 0 amide bonds.